The van der Waals surface area contributed by atoms with Gasteiger partial charge in [-0.15, -0.1) is 0 Å². The van der Waals surface area contributed by atoms with Crippen molar-refractivity contribution >= 4 is 40.0 Å². The van der Waals surface area contributed by atoms with Gasteiger partial charge in [0.15, 0.2) is 0 Å². The molecular formula is C15H19ClN4S. The van der Waals surface area contributed by atoms with Gasteiger partial charge in [0.25, 0.3) is 0 Å². The lowest BCUT2D eigenvalue weighted by molar-refractivity contribution is 0.216. The Morgan fingerprint density at radius 1 is 1.19 bits per heavy atom. The quantitative estimate of drug-likeness (QED) is 0.873. The van der Waals surface area contributed by atoms with Crippen molar-refractivity contribution in [3.05, 3.63) is 17.2 Å². The minimum Gasteiger partial charge on any atom is -0.365 e. The predicted molar refractivity (Wildman–Crippen MR) is 88.5 cm³/mol. The molecule has 1 aromatic heterocycles. The van der Waals surface area contributed by atoms with Crippen LogP contribution in [0.1, 0.15) is 32.1 Å². The maximum atomic E-state index is 6.50. The molecule has 0 atom stereocenters. The molecule has 0 unspecified atom stereocenters. The number of rotatable bonds is 1. The van der Waals surface area contributed by atoms with Crippen LogP contribution in [0.5, 0.6) is 0 Å². The van der Waals surface area contributed by atoms with E-state index in [2.05, 4.69) is 19.0 Å². The first-order valence-corrected chi connectivity index (χ1v) is 8.79. The Labute approximate surface area is 133 Å². The first kappa shape index (κ1) is 13.7. The van der Waals surface area contributed by atoms with E-state index in [1.165, 1.54) is 43.8 Å². The number of hydrogen-bond donors (Lipinski definition) is 1. The number of nitrogens with zero attached hydrogens (tertiary/aromatic N) is 3. The summed E-state index contributed by atoms with van der Waals surface area (Å²) in [4.78, 5) is 2.42. The van der Waals surface area contributed by atoms with Gasteiger partial charge in [0.05, 0.1) is 22.4 Å². The summed E-state index contributed by atoms with van der Waals surface area (Å²) in [5.41, 5.74) is 3.26. The Kier molecular flexibility index (Phi) is 3.52. The number of benzene rings is 1. The maximum absolute atomic E-state index is 6.50. The molecule has 4 rings (SSSR count). The molecule has 1 N–H and O–H groups in total. The third-order valence-electron chi connectivity index (χ3n) is 4.85. The molecule has 2 aromatic rings. The highest BCUT2D eigenvalue weighted by Gasteiger charge is 2.37. The number of hydrogen-bond acceptors (Lipinski definition) is 5. The minimum atomic E-state index is 0.269. The van der Waals surface area contributed by atoms with E-state index in [1.807, 2.05) is 12.1 Å². The van der Waals surface area contributed by atoms with E-state index in [0.29, 0.717) is 0 Å². The molecular weight excluding hydrogens is 304 g/mol. The molecule has 2 fully saturated rings. The van der Waals surface area contributed by atoms with Crippen LogP contribution in [0.15, 0.2) is 12.1 Å². The smallest absolute Gasteiger partial charge is 0.129 e. The fraction of sp³-hybridized carbons (Fsp3) is 0.600. The number of anilines is 1. The molecule has 21 heavy (non-hydrogen) atoms. The summed E-state index contributed by atoms with van der Waals surface area (Å²) in [6, 6.07) is 3.92. The highest BCUT2D eigenvalue weighted by atomic mass is 35.5. The Hall–Kier alpha value is -0.910. The Morgan fingerprint density at radius 2 is 2.05 bits per heavy atom. The first-order valence-electron chi connectivity index (χ1n) is 7.68. The summed E-state index contributed by atoms with van der Waals surface area (Å²) in [7, 11) is 0. The van der Waals surface area contributed by atoms with Crippen LogP contribution in [-0.4, -0.2) is 33.9 Å². The van der Waals surface area contributed by atoms with Crippen molar-refractivity contribution in [2.24, 2.45) is 0 Å². The average Bonchev–Trinajstić information content (AvgIpc) is 2.96. The summed E-state index contributed by atoms with van der Waals surface area (Å²) in [5.74, 6) is 0. The summed E-state index contributed by atoms with van der Waals surface area (Å²) in [6.45, 7) is 3.03. The van der Waals surface area contributed by atoms with E-state index in [1.54, 1.807) is 0 Å². The monoisotopic (exact) mass is 322 g/mol. The molecule has 0 radical (unpaired) electrons. The standard InChI is InChI=1S/C15H19ClN4S/c16-11-4-5-12-13(19-21-18-12)14(11)20-9-8-17-15(10-20)6-2-1-3-7-15/h4-5,17H,1-3,6-10H2. The van der Waals surface area contributed by atoms with E-state index in [4.69, 9.17) is 11.6 Å². The third-order valence-corrected chi connectivity index (χ3v) is 5.70. The van der Waals surface area contributed by atoms with Crippen LogP contribution in [0.25, 0.3) is 11.0 Å². The molecule has 4 nitrogen and oxygen atoms in total. The number of nitrogens with one attached hydrogen (secondary N) is 1. The van der Waals surface area contributed by atoms with Gasteiger partial charge in [-0.05, 0) is 25.0 Å². The summed E-state index contributed by atoms with van der Waals surface area (Å²) in [6.07, 6.45) is 6.57. The van der Waals surface area contributed by atoms with Crippen LogP contribution in [0.3, 0.4) is 0 Å². The largest absolute Gasteiger partial charge is 0.365 e. The second-order valence-electron chi connectivity index (χ2n) is 6.22. The Bertz CT molecular complexity index is 645. The summed E-state index contributed by atoms with van der Waals surface area (Å²) < 4.78 is 8.82. The van der Waals surface area contributed by atoms with Crippen molar-refractivity contribution in [2.75, 3.05) is 24.5 Å². The van der Waals surface area contributed by atoms with Gasteiger partial charge < -0.3 is 10.2 Å². The van der Waals surface area contributed by atoms with Gasteiger partial charge in [-0.2, -0.15) is 8.75 Å². The topological polar surface area (TPSA) is 41.1 Å². The van der Waals surface area contributed by atoms with Crippen molar-refractivity contribution in [3.8, 4) is 0 Å². The van der Waals surface area contributed by atoms with Crippen molar-refractivity contribution in [2.45, 2.75) is 37.6 Å². The van der Waals surface area contributed by atoms with Gasteiger partial charge in [0.2, 0.25) is 0 Å². The van der Waals surface area contributed by atoms with Gasteiger partial charge in [-0.25, -0.2) is 0 Å². The lowest BCUT2D eigenvalue weighted by atomic mass is 9.80. The van der Waals surface area contributed by atoms with Crippen LogP contribution < -0.4 is 10.2 Å². The van der Waals surface area contributed by atoms with E-state index < -0.39 is 0 Å². The number of fused-ring (bicyclic) bond motifs is 1. The van der Waals surface area contributed by atoms with E-state index in [9.17, 15) is 0 Å². The molecule has 1 aromatic carbocycles. The number of piperazine rings is 1. The molecule has 1 spiro atoms. The third kappa shape index (κ3) is 2.41. The Balaban J connectivity index is 1.71. The van der Waals surface area contributed by atoms with E-state index >= 15 is 0 Å². The Morgan fingerprint density at radius 3 is 2.90 bits per heavy atom. The number of aromatic nitrogens is 2. The molecule has 112 valence electrons. The second-order valence-corrected chi connectivity index (χ2v) is 7.15. The highest BCUT2D eigenvalue weighted by Crippen LogP contribution is 2.37. The van der Waals surface area contributed by atoms with Crippen LogP contribution >= 0.6 is 23.3 Å². The van der Waals surface area contributed by atoms with Crippen molar-refractivity contribution < 1.29 is 0 Å². The highest BCUT2D eigenvalue weighted by molar-refractivity contribution is 7.00. The van der Waals surface area contributed by atoms with Gasteiger partial charge in [-0.3, -0.25) is 0 Å². The normalized spacial score (nSPS) is 22.0. The maximum Gasteiger partial charge on any atom is 0.129 e. The molecule has 0 bridgehead atoms. The van der Waals surface area contributed by atoms with Gasteiger partial charge >= 0.3 is 0 Å². The van der Waals surface area contributed by atoms with Gasteiger partial charge in [0, 0.05) is 25.2 Å². The zero-order valence-electron chi connectivity index (χ0n) is 11.9. The number of halogens is 1. The predicted octanol–water partition coefficient (Wildman–Crippen LogP) is 3.46. The van der Waals surface area contributed by atoms with Crippen molar-refractivity contribution in [1.82, 2.24) is 14.1 Å². The van der Waals surface area contributed by atoms with Crippen LogP contribution in [0.4, 0.5) is 5.69 Å². The first-order chi connectivity index (χ1) is 10.3. The molecule has 6 heteroatoms. The van der Waals surface area contributed by atoms with Crippen LogP contribution in [0.2, 0.25) is 5.02 Å². The summed E-state index contributed by atoms with van der Waals surface area (Å²) in [5, 5.41) is 4.57. The van der Waals surface area contributed by atoms with E-state index in [-0.39, 0.29) is 5.54 Å². The SMILES string of the molecule is Clc1ccc2nsnc2c1N1CCNC2(CCCCC2)C1. The molecule has 1 aliphatic heterocycles. The lowest BCUT2D eigenvalue weighted by Gasteiger charge is -2.47. The second kappa shape index (κ2) is 5.38. The van der Waals surface area contributed by atoms with Gasteiger partial charge in [-0.1, -0.05) is 30.9 Å². The zero-order valence-corrected chi connectivity index (χ0v) is 13.5. The molecule has 1 saturated carbocycles. The fourth-order valence-corrected chi connectivity index (χ4v) is 4.63. The lowest BCUT2D eigenvalue weighted by Crippen LogP contribution is -2.61. The summed E-state index contributed by atoms with van der Waals surface area (Å²) >= 11 is 7.76. The molecule has 1 saturated heterocycles. The molecule has 1 aliphatic carbocycles. The molecule has 0 amide bonds. The van der Waals surface area contributed by atoms with Crippen LogP contribution in [0, 0.1) is 0 Å². The van der Waals surface area contributed by atoms with E-state index in [0.717, 1.165) is 41.4 Å². The zero-order chi connectivity index (χ0) is 14.3. The minimum absolute atomic E-state index is 0.269. The van der Waals surface area contributed by atoms with Crippen molar-refractivity contribution in [3.63, 3.8) is 0 Å². The van der Waals surface area contributed by atoms with Crippen molar-refractivity contribution in [1.29, 1.82) is 0 Å². The fourth-order valence-electron chi connectivity index (χ4n) is 3.82. The average molecular weight is 323 g/mol. The molecule has 2 heterocycles. The van der Waals surface area contributed by atoms with Gasteiger partial charge in [0.1, 0.15) is 11.0 Å². The van der Waals surface area contributed by atoms with Crippen LogP contribution in [-0.2, 0) is 0 Å². The molecule has 2 aliphatic rings.